The molecule has 0 spiro atoms. The van der Waals surface area contributed by atoms with E-state index in [-0.39, 0.29) is 12.2 Å². The number of pyridine rings is 1. The molecule has 4 nitrogen and oxygen atoms in total. The van der Waals surface area contributed by atoms with E-state index < -0.39 is 0 Å². The summed E-state index contributed by atoms with van der Waals surface area (Å²) in [7, 11) is 1.78. The van der Waals surface area contributed by atoms with Crippen LogP contribution in [-0.2, 0) is 7.05 Å². The zero-order valence-electron chi connectivity index (χ0n) is 12.8. The van der Waals surface area contributed by atoms with Gasteiger partial charge in [0.1, 0.15) is 0 Å². The first kappa shape index (κ1) is 15.8. The van der Waals surface area contributed by atoms with Crippen molar-refractivity contribution in [1.29, 1.82) is 0 Å². The van der Waals surface area contributed by atoms with Gasteiger partial charge in [-0.15, -0.1) is 0 Å². The molecular formula is C18H18N2O2S. The topological polar surface area (TPSA) is 54.3 Å². The third-order valence-corrected chi connectivity index (χ3v) is 4.48. The van der Waals surface area contributed by atoms with Crippen molar-refractivity contribution < 1.29 is 5.11 Å². The van der Waals surface area contributed by atoms with Gasteiger partial charge in [0.25, 0.3) is 5.56 Å². The monoisotopic (exact) mass is 326 g/mol. The van der Waals surface area contributed by atoms with E-state index in [1.54, 1.807) is 11.6 Å². The molecule has 0 bridgehead atoms. The molecule has 5 heteroatoms. The molecule has 0 saturated carbocycles. The molecule has 0 aliphatic carbocycles. The molecule has 0 atom stereocenters. The summed E-state index contributed by atoms with van der Waals surface area (Å²) in [5.41, 5.74) is 2.11. The van der Waals surface area contributed by atoms with Crippen LogP contribution in [0.25, 0.3) is 21.9 Å². The highest BCUT2D eigenvalue weighted by atomic mass is 32.2. The van der Waals surface area contributed by atoms with Gasteiger partial charge in [-0.3, -0.25) is 9.52 Å². The summed E-state index contributed by atoms with van der Waals surface area (Å²) in [5.74, 6) is 0. The Morgan fingerprint density at radius 1 is 1.13 bits per heavy atom. The Labute approximate surface area is 138 Å². The van der Waals surface area contributed by atoms with Gasteiger partial charge in [-0.25, -0.2) is 0 Å². The molecule has 0 fully saturated rings. The lowest BCUT2D eigenvalue weighted by Gasteiger charge is -2.11. The molecule has 2 aromatic carbocycles. The smallest absolute Gasteiger partial charge is 0.258 e. The van der Waals surface area contributed by atoms with Gasteiger partial charge in [-0.05, 0) is 41.1 Å². The van der Waals surface area contributed by atoms with Gasteiger partial charge >= 0.3 is 0 Å². The van der Waals surface area contributed by atoms with E-state index in [2.05, 4.69) is 10.8 Å². The second kappa shape index (κ2) is 7.00. The molecule has 0 aliphatic heterocycles. The minimum absolute atomic E-state index is 0.0134. The fourth-order valence-electron chi connectivity index (χ4n) is 2.55. The number of aryl methyl sites for hydroxylation is 1. The maximum atomic E-state index is 12.3. The lowest BCUT2D eigenvalue weighted by atomic mass is 10.0. The second-order valence-electron chi connectivity index (χ2n) is 5.25. The normalized spacial score (nSPS) is 11.0. The first-order valence-corrected chi connectivity index (χ1v) is 8.22. The molecule has 0 unspecified atom stereocenters. The zero-order valence-corrected chi connectivity index (χ0v) is 13.6. The van der Waals surface area contributed by atoms with Crippen LogP contribution in [0.5, 0.6) is 0 Å². The minimum Gasteiger partial charge on any atom is -0.395 e. The second-order valence-corrected chi connectivity index (χ2v) is 6.22. The Morgan fingerprint density at radius 3 is 2.70 bits per heavy atom. The number of nitrogens with one attached hydrogen (secondary N) is 1. The van der Waals surface area contributed by atoms with Gasteiger partial charge in [0.15, 0.2) is 0 Å². The molecule has 0 radical (unpaired) electrons. The quantitative estimate of drug-likeness (QED) is 0.559. The number of rotatable bonds is 5. The molecule has 1 heterocycles. The zero-order chi connectivity index (χ0) is 16.2. The number of benzene rings is 2. The predicted octanol–water partition coefficient (Wildman–Crippen LogP) is 2.79. The SMILES string of the molecule is Cn1cc(-c2cccc(SNCCO)c2)c2ccccc2c1=O. The largest absolute Gasteiger partial charge is 0.395 e. The molecule has 0 amide bonds. The van der Waals surface area contributed by atoms with E-state index in [0.717, 1.165) is 26.8 Å². The summed E-state index contributed by atoms with van der Waals surface area (Å²) in [4.78, 5) is 13.3. The lowest BCUT2D eigenvalue weighted by molar-refractivity contribution is 0.302. The number of aromatic nitrogens is 1. The Hall–Kier alpha value is -2.08. The van der Waals surface area contributed by atoms with Gasteiger partial charge < -0.3 is 9.67 Å². The molecule has 3 rings (SSSR count). The number of hydrogen-bond donors (Lipinski definition) is 2. The van der Waals surface area contributed by atoms with E-state index in [9.17, 15) is 4.79 Å². The summed E-state index contributed by atoms with van der Waals surface area (Å²) < 4.78 is 4.73. The van der Waals surface area contributed by atoms with Crippen molar-refractivity contribution in [2.75, 3.05) is 13.2 Å². The fraction of sp³-hybridized carbons (Fsp3) is 0.167. The fourth-order valence-corrected chi connectivity index (χ4v) is 3.25. The third-order valence-electron chi connectivity index (χ3n) is 3.64. The first-order chi connectivity index (χ1) is 11.2. The van der Waals surface area contributed by atoms with Crippen LogP contribution in [0.15, 0.2) is 64.4 Å². The molecule has 2 N–H and O–H groups in total. The number of aliphatic hydroxyl groups is 1. The summed E-state index contributed by atoms with van der Waals surface area (Å²) >= 11 is 1.49. The van der Waals surface area contributed by atoms with Crippen LogP contribution in [0.4, 0.5) is 0 Å². The van der Waals surface area contributed by atoms with Gasteiger partial charge in [-0.2, -0.15) is 0 Å². The van der Waals surface area contributed by atoms with Gasteiger partial charge in [0, 0.05) is 35.6 Å². The van der Waals surface area contributed by atoms with Crippen LogP contribution in [0.3, 0.4) is 0 Å². The van der Waals surface area contributed by atoms with E-state index in [1.807, 2.05) is 48.7 Å². The highest BCUT2D eigenvalue weighted by Gasteiger charge is 2.09. The van der Waals surface area contributed by atoms with Crippen molar-refractivity contribution in [2.45, 2.75) is 4.90 Å². The van der Waals surface area contributed by atoms with Crippen LogP contribution < -0.4 is 10.3 Å². The van der Waals surface area contributed by atoms with Crippen molar-refractivity contribution in [1.82, 2.24) is 9.29 Å². The number of nitrogens with zero attached hydrogens (tertiary/aromatic N) is 1. The molecule has 23 heavy (non-hydrogen) atoms. The third kappa shape index (κ3) is 3.32. The van der Waals surface area contributed by atoms with Crippen molar-refractivity contribution in [2.24, 2.45) is 7.05 Å². The first-order valence-electron chi connectivity index (χ1n) is 7.40. The highest BCUT2D eigenvalue weighted by molar-refractivity contribution is 7.97. The van der Waals surface area contributed by atoms with Crippen LogP contribution in [-0.4, -0.2) is 22.8 Å². The van der Waals surface area contributed by atoms with Gasteiger partial charge in [0.2, 0.25) is 0 Å². The standard InChI is InChI=1S/C18H18N2O2S/c1-20-12-17(15-7-2-3-8-16(15)18(20)22)13-5-4-6-14(11-13)23-19-9-10-21/h2-8,11-12,19,21H,9-10H2,1H3. The van der Waals surface area contributed by atoms with E-state index in [0.29, 0.717) is 6.54 Å². The molecule has 0 saturated heterocycles. The van der Waals surface area contributed by atoms with Crippen LogP contribution in [0, 0.1) is 0 Å². The maximum absolute atomic E-state index is 12.3. The van der Waals surface area contributed by atoms with Crippen LogP contribution in [0.1, 0.15) is 0 Å². The number of fused-ring (bicyclic) bond motifs is 1. The molecule has 1 aromatic heterocycles. The molecular weight excluding hydrogens is 308 g/mol. The van der Waals surface area contributed by atoms with Gasteiger partial charge in [-0.1, -0.05) is 30.3 Å². The molecule has 0 aliphatic rings. The van der Waals surface area contributed by atoms with Crippen molar-refractivity contribution in [3.05, 3.63) is 65.1 Å². The Kier molecular flexibility index (Phi) is 4.81. The average molecular weight is 326 g/mol. The Balaban J connectivity index is 2.08. The maximum Gasteiger partial charge on any atom is 0.258 e. The van der Waals surface area contributed by atoms with E-state index >= 15 is 0 Å². The molecule has 118 valence electrons. The van der Waals surface area contributed by atoms with E-state index in [4.69, 9.17) is 5.11 Å². The molecule has 3 aromatic rings. The summed E-state index contributed by atoms with van der Waals surface area (Å²) in [5, 5.41) is 10.5. The van der Waals surface area contributed by atoms with Crippen molar-refractivity contribution in [3.63, 3.8) is 0 Å². The van der Waals surface area contributed by atoms with Crippen LogP contribution >= 0.6 is 11.9 Å². The van der Waals surface area contributed by atoms with E-state index in [1.165, 1.54) is 11.9 Å². The summed E-state index contributed by atoms with van der Waals surface area (Å²) in [6.45, 7) is 0.649. The minimum atomic E-state index is 0.0134. The average Bonchev–Trinajstić information content (AvgIpc) is 2.59. The van der Waals surface area contributed by atoms with Crippen molar-refractivity contribution >= 4 is 22.7 Å². The van der Waals surface area contributed by atoms with Crippen molar-refractivity contribution in [3.8, 4) is 11.1 Å². The number of aliphatic hydroxyl groups excluding tert-OH is 1. The predicted molar refractivity (Wildman–Crippen MR) is 95.6 cm³/mol. The summed E-state index contributed by atoms with van der Waals surface area (Å²) in [6.07, 6.45) is 1.88. The Morgan fingerprint density at radius 2 is 1.91 bits per heavy atom. The lowest BCUT2D eigenvalue weighted by Crippen LogP contribution is -2.16. The summed E-state index contributed by atoms with van der Waals surface area (Å²) in [6, 6.07) is 15.8. The van der Waals surface area contributed by atoms with Crippen LogP contribution in [0.2, 0.25) is 0 Å². The van der Waals surface area contributed by atoms with Gasteiger partial charge in [0.05, 0.1) is 6.61 Å². The number of hydrogen-bond acceptors (Lipinski definition) is 4. The Bertz CT molecular complexity index is 890. The highest BCUT2D eigenvalue weighted by Crippen LogP contribution is 2.29.